The van der Waals surface area contributed by atoms with Crippen molar-refractivity contribution < 1.29 is 33.7 Å². The molecule has 2 saturated heterocycles. The lowest BCUT2D eigenvalue weighted by molar-refractivity contribution is -0.384. The number of phenolic OH excluding ortho intramolecular Hbond substituents is 1. The van der Waals surface area contributed by atoms with E-state index in [1.165, 1.54) is 18.2 Å². The lowest BCUT2D eigenvalue weighted by Crippen LogP contribution is -2.66. The van der Waals surface area contributed by atoms with Crippen LogP contribution in [0.25, 0.3) is 6.08 Å². The Kier molecular flexibility index (Phi) is 11.5. The van der Waals surface area contributed by atoms with Crippen molar-refractivity contribution in [2.24, 2.45) is 17.8 Å². The van der Waals surface area contributed by atoms with E-state index in [2.05, 4.69) is 58.0 Å². The molecule has 7 rings (SSSR count). The highest BCUT2D eigenvalue weighted by Gasteiger charge is 2.58. The van der Waals surface area contributed by atoms with E-state index >= 15 is 0 Å². The number of phenols is 1. The highest BCUT2D eigenvalue weighted by molar-refractivity contribution is 6.99. The number of rotatable bonds is 12. The third kappa shape index (κ3) is 7.79. The Balaban J connectivity index is 1.32. The van der Waals surface area contributed by atoms with E-state index in [9.17, 15) is 29.8 Å². The molecule has 2 aliphatic heterocycles. The van der Waals surface area contributed by atoms with Crippen molar-refractivity contribution in [3.8, 4) is 5.75 Å². The summed E-state index contributed by atoms with van der Waals surface area (Å²) in [4.78, 5) is 41.2. The predicted octanol–water partition coefficient (Wildman–Crippen LogP) is 7.45. The summed E-state index contributed by atoms with van der Waals surface area (Å²) in [5.41, 5.74) is 3.74. The lowest BCUT2D eigenvalue weighted by atomic mass is 9.58. The zero-order valence-corrected chi connectivity index (χ0v) is 33.8. The zero-order chi connectivity index (χ0) is 40.5. The van der Waals surface area contributed by atoms with Gasteiger partial charge in [-0.15, -0.1) is 0 Å². The van der Waals surface area contributed by atoms with Gasteiger partial charge in [-0.2, -0.15) is 0 Å². The van der Waals surface area contributed by atoms with Gasteiger partial charge in [-0.1, -0.05) is 118 Å². The molecule has 2 heterocycles. The van der Waals surface area contributed by atoms with Crippen LogP contribution in [-0.2, 0) is 18.7 Å². The summed E-state index contributed by atoms with van der Waals surface area (Å²) < 4.78 is 13.9. The first-order chi connectivity index (χ1) is 27.3. The minimum absolute atomic E-state index is 0.122. The number of amides is 2. The van der Waals surface area contributed by atoms with Gasteiger partial charge in [-0.3, -0.25) is 19.7 Å². The fraction of sp³-hybridized carbons (Fsp3) is 0.333. The first-order valence-corrected chi connectivity index (χ1v) is 21.6. The summed E-state index contributed by atoms with van der Waals surface area (Å²) in [6.45, 7) is 8.89. The SMILES string of the molecule is CC/C(=C\c1cccc(O)c1)CC[C@H]1OB(O)C[C@H]2C1=C(CO[Si](c1ccccc1)(c1ccccc1)C(C)(C)C)C[C@H]1C(=O)N(c3cccc([N+](=O)[O-])c3)C(=O)[C@H]12. The highest BCUT2D eigenvalue weighted by atomic mass is 28.4. The second kappa shape index (κ2) is 16.4. The first kappa shape index (κ1) is 40.1. The number of carbonyl (C=O) groups excluding carboxylic acids is 2. The maximum atomic E-state index is 14.5. The smallest absolute Gasteiger partial charge is 0.455 e. The summed E-state index contributed by atoms with van der Waals surface area (Å²) in [5.74, 6) is -2.69. The minimum atomic E-state index is -3.04. The molecule has 0 unspecified atom stereocenters. The topological polar surface area (TPSA) is 139 Å². The fourth-order valence-corrected chi connectivity index (χ4v) is 13.9. The molecule has 0 aromatic heterocycles. The molecule has 4 atom stereocenters. The normalized spacial score (nSPS) is 21.5. The second-order valence-corrected chi connectivity index (χ2v) is 20.7. The monoisotopic (exact) mass is 784 g/mol. The molecule has 294 valence electrons. The number of benzene rings is 4. The molecule has 0 saturated carbocycles. The number of nitro benzene ring substituents is 1. The molecule has 0 bridgehead atoms. The van der Waals surface area contributed by atoms with Gasteiger partial charge in [0.25, 0.3) is 14.0 Å². The van der Waals surface area contributed by atoms with Gasteiger partial charge in [0.2, 0.25) is 11.8 Å². The van der Waals surface area contributed by atoms with E-state index in [1.54, 1.807) is 24.3 Å². The van der Waals surface area contributed by atoms with E-state index in [0.717, 1.165) is 44.0 Å². The Hall–Kier alpha value is -5.14. The van der Waals surface area contributed by atoms with Gasteiger partial charge in [-0.05, 0) is 88.2 Å². The predicted molar refractivity (Wildman–Crippen MR) is 225 cm³/mol. The van der Waals surface area contributed by atoms with Crippen LogP contribution >= 0.6 is 0 Å². The maximum Gasteiger partial charge on any atom is 0.455 e. The summed E-state index contributed by atoms with van der Waals surface area (Å²) in [7, 11) is -4.21. The van der Waals surface area contributed by atoms with Crippen LogP contribution in [0.3, 0.4) is 0 Å². The summed E-state index contributed by atoms with van der Waals surface area (Å²) in [6.07, 6.45) is 3.77. The van der Waals surface area contributed by atoms with Crippen LogP contribution in [0, 0.1) is 27.9 Å². The van der Waals surface area contributed by atoms with Gasteiger partial charge < -0.3 is 19.2 Å². The van der Waals surface area contributed by atoms with Crippen molar-refractivity contribution in [3.05, 3.63) is 142 Å². The Morgan fingerprint density at radius 3 is 2.23 bits per heavy atom. The average Bonchev–Trinajstić information content (AvgIpc) is 3.45. The van der Waals surface area contributed by atoms with Crippen LogP contribution in [0.1, 0.15) is 58.9 Å². The molecule has 2 amide bonds. The van der Waals surface area contributed by atoms with Crippen molar-refractivity contribution in [1.29, 1.82) is 0 Å². The van der Waals surface area contributed by atoms with E-state index in [4.69, 9.17) is 9.08 Å². The number of anilines is 1. The summed E-state index contributed by atoms with van der Waals surface area (Å²) in [5, 5.41) is 35.0. The lowest BCUT2D eigenvalue weighted by Gasteiger charge is -2.46. The molecule has 4 aromatic carbocycles. The molecule has 0 spiro atoms. The number of hydrogen-bond donors (Lipinski definition) is 2. The number of allylic oxidation sites excluding steroid dienone is 1. The van der Waals surface area contributed by atoms with Gasteiger partial charge >= 0.3 is 7.12 Å². The minimum Gasteiger partial charge on any atom is -0.508 e. The van der Waals surface area contributed by atoms with Crippen LogP contribution in [0.15, 0.2) is 126 Å². The molecule has 2 N–H and O–H groups in total. The Morgan fingerprint density at radius 1 is 0.947 bits per heavy atom. The standard InChI is InChI=1S/C45H49BN2O8Si/c1-5-30(24-31-14-12-17-35(49)25-31)22-23-40-41-32(29-55-57(45(2,3)4,36-18-8-6-9-19-36)37-20-10-7-11-21-37)26-38-42(39(41)28-46(52)56-40)44(51)47(43(38)50)33-15-13-16-34(27-33)48(53)54/h6-21,24-25,27,38-40,42,49,52H,5,22-23,26,28-29H2,1-4H3/b30-24+/t38-,39+,40-,42-/m1/s1. The molecule has 12 heteroatoms. The molecular weight excluding hydrogens is 735 g/mol. The van der Waals surface area contributed by atoms with Crippen LogP contribution in [0.5, 0.6) is 5.75 Å². The number of nitrogens with zero attached hydrogens (tertiary/aromatic N) is 2. The number of fused-ring (bicyclic) bond motifs is 3. The fourth-order valence-electron chi connectivity index (χ4n) is 9.37. The Morgan fingerprint density at radius 2 is 1.61 bits per heavy atom. The van der Waals surface area contributed by atoms with Gasteiger partial charge in [0.05, 0.1) is 35.2 Å². The van der Waals surface area contributed by atoms with Crippen molar-refractivity contribution in [1.82, 2.24) is 0 Å². The van der Waals surface area contributed by atoms with Gasteiger partial charge in [0.1, 0.15) is 5.75 Å². The van der Waals surface area contributed by atoms with Crippen molar-refractivity contribution >= 4 is 55.1 Å². The highest BCUT2D eigenvalue weighted by Crippen LogP contribution is 2.52. The molecular formula is C45H49BN2O8Si. The van der Waals surface area contributed by atoms with Crippen LogP contribution in [-0.4, -0.2) is 55.0 Å². The third-order valence-corrected chi connectivity index (χ3v) is 16.9. The Bertz CT molecular complexity index is 2170. The van der Waals surface area contributed by atoms with Gasteiger partial charge in [-0.25, -0.2) is 4.90 Å². The van der Waals surface area contributed by atoms with Crippen LogP contribution in [0.2, 0.25) is 11.4 Å². The molecule has 1 aliphatic carbocycles. The number of carbonyl (C=O) groups is 2. The molecule has 2 fully saturated rings. The van der Waals surface area contributed by atoms with E-state index < -0.39 is 56.0 Å². The molecule has 10 nitrogen and oxygen atoms in total. The number of non-ortho nitro benzene ring substituents is 1. The van der Waals surface area contributed by atoms with Crippen molar-refractivity contribution in [2.45, 2.75) is 70.8 Å². The van der Waals surface area contributed by atoms with Gasteiger partial charge in [0.15, 0.2) is 0 Å². The third-order valence-electron chi connectivity index (χ3n) is 11.9. The summed E-state index contributed by atoms with van der Waals surface area (Å²) >= 11 is 0. The summed E-state index contributed by atoms with van der Waals surface area (Å²) in [6, 6.07) is 33.4. The number of imide groups is 1. The van der Waals surface area contributed by atoms with Crippen LogP contribution in [0.4, 0.5) is 11.4 Å². The largest absolute Gasteiger partial charge is 0.508 e. The van der Waals surface area contributed by atoms with Crippen molar-refractivity contribution in [3.63, 3.8) is 0 Å². The zero-order valence-electron chi connectivity index (χ0n) is 32.8. The molecule has 57 heavy (non-hydrogen) atoms. The van der Waals surface area contributed by atoms with Crippen LogP contribution < -0.4 is 15.3 Å². The number of hydrogen-bond acceptors (Lipinski definition) is 8. The molecule has 3 aliphatic rings. The first-order valence-electron chi connectivity index (χ1n) is 19.7. The number of aromatic hydroxyl groups is 1. The van der Waals surface area contributed by atoms with E-state index in [0.29, 0.717) is 12.8 Å². The molecule has 4 aromatic rings. The second-order valence-electron chi connectivity index (χ2n) is 16.3. The Labute approximate surface area is 335 Å². The van der Waals surface area contributed by atoms with E-state index in [1.807, 2.05) is 42.5 Å². The number of nitro groups is 1. The average molecular weight is 785 g/mol. The van der Waals surface area contributed by atoms with E-state index in [-0.39, 0.29) is 41.5 Å². The van der Waals surface area contributed by atoms with Crippen molar-refractivity contribution in [2.75, 3.05) is 11.5 Å². The quantitative estimate of drug-likeness (QED) is 0.0497. The maximum absolute atomic E-state index is 14.5. The molecule has 0 radical (unpaired) electrons. The van der Waals surface area contributed by atoms with Gasteiger partial charge in [0, 0.05) is 12.1 Å².